The van der Waals surface area contributed by atoms with E-state index in [2.05, 4.69) is 411 Å². The summed E-state index contributed by atoms with van der Waals surface area (Å²) < 4.78 is 5.45. The molecule has 0 aliphatic rings. The second-order valence-corrected chi connectivity index (χ2v) is 39.8. The van der Waals surface area contributed by atoms with Gasteiger partial charge >= 0.3 is 0 Å². The second kappa shape index (κ2) is 67.4. The van der Waals surface area contributed by atoms with Crippen LogP contribution in [-0.2, 0) is 35.2 Å². The van der Waals surface area contributed by atoms with E-state index in [4.69, 9.17) is 0 Å². The van der Waals surface area contributed by atoms with Gasteiger partial charge in [0.05, 0.1) is 81.9 Å². The van der Waals surface area contributed by atoms with Gasteiger partial charge in [0.2, 0.25) is 0 Å². The number of aromatic amines is 7. The summed E-state index contributed by atoms with van der Waals surface area (Å²) in [4.78, 5) is 31.2. The highest BCUT2D eigenvalue weighted by atomic mass is 32.1. The van der Waals surface area contributed by atoms with E-state index in [1.54, 1.807) is 88.0 Å². The third-order valence-corrected chi connectivity index (χ3v) is 20.6. The van der Waals surface area contributed by atoms with E-state index in [1.807, 2.05) is 116 Å². The lowest BCUT2D eigenvalue weighted by molar-refractivity contribution is 0.462. The molecule has 788 valence electrons. The van der Waals surface area contributed by atoms with Crippen LogP contribution in [-0.4, -0.2) is 237 Å². The minimum Gasteiger partial charge on any atom is -0.321 e. The molecular formula is C93H169N47S2. The average Bonchev–Trinajstić information content (AvgIpc) is 1.75. The predicted octanol–water partition coefficient (Wildman–Crippen LogP) is 18.4. The number of nitrogens with one attached hydrogen (secondary N) is 7. The molecule has 7 N–H and O–H groups in total. The molecule has 0 saturated heterocycles. The van der Waals surface area contributed by atoms with Crippen LogP contribution in [0.3, 0.4) is 0 Å². The fourth-order valence-electron chi connectivity index (χ4n) is 10.1. The molecule has 0 aliphatic carbocycles. The lowest BCUT2D eigenvalue weighted by Crippen LogP contribution is -2.04. The summed E-state index contributed by atoms with van der Waals surface area (Å²) in [6.45, 7) is 84.2. The Hall–Kier alpha value is -13.0. The number of aromatic nitrogens is 47. The molecule has 0 radical (unpaired) electrons. The molecule has 142 heavy (non-hydrogen) atoms. The molecule has 0 spiro atoms. The van der Waals surface area contributed by atoms with Crippen molar-refractivity contribution in [3.05, 3.63) is 180 Å². The Kier molecular flexibility index (Phi) is 60.3. The van der Waals surface area contributed by atoms with Crippen LogP contribution < -0.4 is 0 Å². The van der Waals surface area contributed by atoms with Gasteiger partial charge in [-0.25, -0.2) is 29.9 Å². The Balaban J connectivity index is 0.000000758. The van der Waals surface area contributed by atoms with Gasteiger partial charge in [0, 0.05) is 94.4 Å². The number of tetrazole rings is 1. The van der Waals surface area contributed by atoms with E-state index in [0.29, 0.717) is 94.9 Å². The maximum Gasteiger partial charge on any atom is 0.177 e. The van der Waals surface area contributed by atoms with Crippen molar-refractivity contribution in [2.24, 2.45) is 35.2 Å². The highest BCUT2D eigenvalue weighted by molar-refractivity contribution is 7.11. The van der Waals surface area contributed by atoms with Gasteiger partial charge in [-0.3, -0.25) is 29.8 Å². The van der Waals surface area contributed by atoms with Crippen LogP contribution >= 0.6 is 22.7 Å². The van der Waals surface area contributed by atoms with Gasteiger partial charge in [0.1, 0.15) is 80.8 Å². The van der Waals surface area contributed by atoms with Crippen LogP contribution in [0, 0.1) is 62.3 Å². The van der Waals surface area contributed by atoms with Crippen LogP contribution in [0.25, 0.3) is 0 Å². The zero-order valence-corrected chi connectivity index (χ0v) is 95.2. The molecule has 0 saturated carbocycles. The van der Waals surface area contributed by atoms with Gasteiger partial charge in [0.15, 0.2) is 29.1 Å². The Bertz CT molecular complexity index is 5000. The van der Waals surface area contributed by atoms with Gasteiger partial charge in [-0.05, 0) is 114 Å². The maximum absolute atomic E-state index is 4.26. The molecule has 16 aromatic heterocycles. The van der Waals surface area contributed by atoms with E-state index >= 15 is 0 Å². The van der Waals surface area contributed by atoms with Gasteiger partial charge in [-0.15, -0.1) is 63.5 Å². The first-order valence-corrected chi connectivity index (χ1v) is 49.8. The molecule has 0 unspecified atom stereocenters. The highest BCUT2D eigenvalue weighted by Gasteiger charge is 2.14. The molecule has 0 aromatic carbocycles. The highest BCUT2D eigenvalue weighted by Crippen LogP contribution is 2.20. The van der Waals surface area contributed by atoms with E-state index in [-0.39, 0.29) is 0 Å². The average molecular weight is 2010 g/mol. The quantitative estimate of drug-likeness (QED) is 0.0472. The summed E-state index contributed by atoms with van der Waals surface area (Å²) in [7, 11) is 9.41. The van der Waals surface area contributed by atoms with Crippen LogP contribution in [0.5, 0.6) is 0 Å². The number of rotatable bonds is 16. The second-order valence-electron chi connectivity index (χ2n) is 37.7. The Morgan fingerprint density at radius 1 is 0.324 bits per heavy atom. The molecule has 47 nitrogen and oxygen atoms in total. The predicted molar refractivity (Wildman–Crippen MR) is 558 cm³/mol. The molecule has 0 bridgehead atoms. The molecule has 49 heteroatoms. The molecule has 16 aromatic rings. The fourth-order valence-corrected chi connectivity index (χ4v) is 11.4. The standard InChI is InChI=1S/3C7H13N3.7C6H11N3.C6H10N2S.3C5H9N3.C5H8N2S.C4H8N4/c1-5(2)7-8-6(3)10(4)9-7;1-5(2)7-6(3)8-10(4)9-7;1-5(2)10-8-6(3)7(4)9-10;1-5(2)6-8-7-4-9(6)3;1-5(2)6-7-4-9(3)8-6;1-5(2)6-4-7-9(3)8-6;1-5(2)9-7-4-6(3)8-9;2*1-4(2)6-7-5(3)8-9-6;1-4(2)6-5(3)7-9-8-6;1-4(2)6-8-7-5(3)9-6;2*1-4(2)5-6-3-7-8-5;1-4(2)5-3-6-8-7-5;1-4(2)5-7-6-3-8-5;1-3(2)4-5-7-8-6-4/h3*5H,1-4H3;4*4-5H,1-3H3;3*4H,1-3H3,(H,7,8,9);4H,1-3H3;3*3-4H,1-2H3,(H,6,7,8);3-4H,1-2H3;3H,1-2H3,(H,5,6,7,8). The molecule has 16 rings (SSSR count). The largest absolute Gasteiger partial charge is 0.321 e. The van der Waals surface area contributed by atoms with Crippen molar-refractivity contribution >= 4 is 22.7 Å². The monoisotopic (exact) mass is 2010 g/mol. The van der Waals surface area contributed by atoms with Crippen molar-refractivity contribution in [1.29, 1.82) is 0 Å². The summed E-state index contributed by atoms with van der Waals surface area (Å²) in [5.41, 5.74) is 11.1. The number of hydrogen-bond donors (Lipinski definition) is 7. The molecule has 16 heterocycles. The molecular weight excluding hydrogens is 1840 g/mol. The van der Waals surface area contributed by atoms with Gasteiger partial charge in [0.25, 0.3) is 0 Å². The summed E-state index contributed by atoms with van der Waals surface area (Å²) in [6, 6.07) is 0.742. The lowest BCUT2D eigenvalue weighted by atomic mass is 10.1. The van der Waals surface area contributed by atoms with Crippen molar-refractivity contribution < 1.29 is 0 Å². The van der Waals surface area contributed by atoms with Crippen molar-refractivity contribution in [3.8, 4) is 0 Å². The lowest BCUT2D eigenvalue weighted by Gasteiger charge is -2.00. The first kappa shape index (κ1) is 127. The number of aryl methyl sites for hydroxylation is 14. The minimum atomic E-state index is 0.368. The van der Waals surface area contributed by atoms with E-state index in [0.717, 1.165) is 130 Å². The molecule has 0 atom stereocenters. The summed E-state index contributed by atoms with van der Waals surface area (Å²) in [6.07, 6.45) is 11.8. The van der Waals surface area contributed by atoms with Crippen LogP contribution in [0.1, 0.15) is 447 Å². The van der Waals surface area contributed by atoms with E-state index in [1.165, 1.54) is 12.7 Å². The van der Waals surface area contributed by atoms with Gasteiger partial charge in [-0.1, -0.05) is 199 Å². The van der Waals surface area contributed by atoms with Crippen molar-refractivity contribution in [1.82, 2.24) is 237 Å². The maximum atomic E-state index is 4.26. The summed E-state index contributed by atoms with van der Waals surface area (Å²) in [5.74, 6) is 16.5. The smallest absolute Gasteiger partial charge is 0.177 e. The van der Waals surface area contributed by atoms with Crippen LogP contribution in [0.15, 0.2) is 49.4 Å². The Morgan fingerprint density at radius 3 is 1.05 bits per heavy atom. The Morgan fingerprint density at radius 2 is 0.852 bits per heavy atom. The zero-order valence-electron chi connectivity index (χ0n) is 93.6. The number of hydrogen-bond acceptors (Lipinski definition) is 35. The van der Waals surface area contributed by atoms with E-state index < -0.39 is 0 Å². The minimum absolute atomic E-state index is 0.368. The van der Waals surface area contributed by atoms with Crippen LogP contribution in [0.4, 0.5) is 0 Å². The summed E-state index contributed by atoms with van der Waals surface area (Å²) >= 11 is 3.28. The van der Waals surface area contributed by atoms with Crippen LogP contribution in [0.2, 0.25) is 0 Å². The summed E-state index contributed by atoms with van der Waals surface area (Å²) in [5, 5.41) is 128. The molecule has 0 fully saturated rings. The molecule has 0 amide bonds. The molecule has 0 aliphatic heterocycles. The van der Waals surface area contributed by atoms with Crippen molar-refractivity contribution in [2.45, 2.75) is 379 Å². The third-order valence-electron chi connectivity index (χ3n) is 18.5. The SMILES string of the molecule is CC(C)c1cn[nH]n1.CC(C)c1cnn(C)n1.CC(C)c1ncn(C)n1.CC(C)c1ncn[nH]1.CC(C)c1ncn[nH]1.CC(C)c1nn[nH]n1.CC(C)c1nncn1C.CC(C)c1nncs1.Cc1cnn(C(C)C)n1.Cc1n[nH]nc1C(C)C.Cc1nc(C(C)C)n[nH]1.Cc1nc(C(C)C)n[nH]1.Cc1nc(C(C)C)nn1C.Cc1nn(C(C)C)nc1C.Cc1nn(C)nc1C(C)C.Cc1nnc(C(C)C)s1. The van der Waals surface area contributed by atoms with Gasteiger partial charge in [-0.2, -0.15) is 127 Å². The number of H-pyrrole nitrogens is 7. The topological polar surface area (TPSA) is 570 Å². The first-order chi connectivity index (χ1) is 66.5. The normalized spacial score (nSPS) is 10.6. The van der Waals surface area contributed by atoms with Gasteiger partial charge < -0.3 is 4.57 Å². The zero-order chi connectivity index (χ0) is 108. The van der Waals surface area contributed by atoms with E-state index in [9.17, 15) is 0 Å². The van der Waals surface area contributed by atoms with Crippen molar-refractivity contribution in [3.63, 3.8) is 0 Å². The number of nitrogens with zero attached hydrogens (tertiary/aromatic N) is 40. The fraction of sp³-hybridized carbons (Fsp3) is 0.667. The third kappa shape index (κ3) is 52.5. The first-order valence-electron chi connectivity index (χ1n) is 48.1. The Labute approximate surface area is 848 Å². The van der Waals surface area contributed by atoms with Crippen molar-refractivity contribution in [2.75, 3.05) is 0 Å².